The molecule has 0 aromatic heterocycles. The van der Waals surface area contributed by atoms with Crippen molar-refractivity contribution < 1.29 is 0 Å². The smallest absolute Gasteiger partial charge is 0.0607 e. The molecule has 0 aliphatic carbocycles. The Balaban J connectivity index is 4.16. The Kier molecular flexibility index (Phi) is 5.86. The lowest BCUT2D eigenvalue weighted by molar-refractivity contribution is 1.22. The summed E-state index contributed by atoms with van der Waals surface area (Å²) in [6.45, 7) is 9.22. The quantitative estimate of drug-likeness (QED) is 0.551. The number of rotatable bonds is 5. The normalized spacial score (nSPS) is 12.7. The summed E-state index contributed by atoms with van der Waals surface area (Å²) in [7, 11) is -0.636. The fourth-order valence-electron chi connectivity index (χ4n) is 1.32. The summed E-state index contributed by atoms with van der Waals surface area (Å²) in [6, 6.07) is 0. The van der Waals surface area contributed by atoms with Gasteiger partial charge in [-0.1, -0.05) is 6.92 Å². The molecule has 66 valence electrons. The molecule has 0 radical (unpaired) electrons. The molecule has 11 heavy (non-hydrogen) atoms. The average Bonchev–Trinajstić information content (AvgIpc) is 2.08. The maximum Gasteiger partial charge on any atom is 0.0607 e. The zero-order chi connectivity index (χ0) is 8.74. The molecule has 0 N–H and O–H groups in total. The van der Waals surface area contributed by atoms with Gasteiger partial charge >= 0.3 is 0 Å². The topological polar surface area (TPSA) is 0 Å². The second kappa shape index (κ2) is 5.77. The lowest BCUT2D eigenvalue weighted by atomic mass is 10.5. The van der Waals surface area contributed by atoms with E-state index in [-0.39, 0.29) is 0 Å². The Bertz CT molecular complexity index is 104. The van der Waals surface area contributed by atoms with Gasteiger partial charge in [0.15, 0.2) is 0 Å². The van der Waals surface area contributed by atoms with E-state index in [1.807, 2.05) is 0 Å². The van der Waals surface area contributed by atoms with Crippen LogP contribution in [0.1, 0.15) is 34.1 Å². The summed E-state index contributed by atoms with van der Waals surface area (Å²) < 4.78 is 0. The van der Waals surface area contributed by atoms with Gasteiger partial charge in [-0.3, -0.25) is 0 Å². The second-order valence-corrected chi connectivity index (χ2v) is 7.59. The molecule has 0 aromatic rings. The first-order valence-corrected chi connectivity index (χ1v) is 7.19. The van der Waals surface area contributed by atoms with Crippen molar-refractivity contribution in [1.29, 1.82) is 0 Å². The summed E-state index contributed by atoms with van der Waals surface area (Å²) in [6.07, 6.45) is 7.70. The second-order valence-electron chi connectivity index (χ2n) is 2.96. The van der Waals surface area contributed by atoms with Crippen LogP contribution in [-0.2, 0) is 0 Å². The van der Waals surface area contributed by atoms with E-state index in [0.717, 1.165) is 0 Å². The van der Waals surface area contributed by atoms with E-state index < -0.39 is 7.26 Å². The fraction of sp³-hybridized carbons (Fsp3) is 0.800. The van der Waals surface area contributed by atoms with Crippen molar-refractivity contribution in [3.63, 3.8) is 0 Å². The molecule has 0 atom stereocenters. The summed E-state index contributed by atoms with van der Waals surface area (Å²) in [4.78, 5) is 0. The Morgan fingerprint density at radius 1 is 0.909 bits per heavy atom. The molecule has 0 saturated heterocycles. The number of hydrogen-bond acceptors (Lipinski definition) is 0. The van der Waals surface area contributed by atoms with Gasteiger partial charge in [0.2, 0.25) is 0 Å². The minimum atomic E-state index is -0.636. The maximum atomic E-state index is 2.52. The van der Waals surface area contributed by atoms with Gasteiger partial charge in [-0.25, -0.2) is 0 Å². The van der Waals surface area contributed by atoms with Crippen molar-refractivity contribution in [3.8, 4) is 0 Å². The van der Waals surface area contributed by atoms with Crippen LogP contribution in [0.15, 0.2) is 11.9 Å². The van der Waals surface area contributed by atoms with E-state index >= 15 is 0 Å². The third-order valence-corrected chi connectivity index (χ3v) is 7.17. The highest BCUT2D eigenvalue weighted by molar-refractivity contribution is 7.78. The first-order chi connectivity index (χ1) is 5.24. The molecule has 0 heterocycles. The van der Waals surface area contributed by atoms with Crippen LogP contribution in [-0.4, -0.2) is 18.5 Å². The SMILES string of the molecule is CC/C=C/[P+](CC)(CC)CC. The Morgan fingerprint density at radius 3 is 1.64 bits per heavy atom. The van der Waals surface area contributed by atoms with E-state index in [9.17, 15) is 0 Å². The van der Waals surface area contributed by atoms with Crippen molar-refractivity contribution in [2.45, 2.75) is 34.1 Å². The molecule has 0 nitrogen and oxygen atoms in total. The lowest BCUT2D eigenvalue weighted by Crippen LogP contribution is -1.98. The van der Waals surface area contributed by atoms with Crippen molar-refractivity contribution >= 4 is 7.26 Å². The van der Waals surface area contributed by atoms with E-state index in [2.05, 4.69) is 39.6 Å². The maximum absolute atomic E-state index is 2.52. The predicted molar refractivity (Wildman–Crippen MR) is 58.0 cm³/mol. The molecular formula is C10H22P+. The van der Waals surface area contributed by atoms with E-state index in [0.29, 0.717) is 0 Å². The Labute approximate surface area is 72.4 Å². The molecule has 0 aliphatic rings. The van der Waals surface area contributed by atoms with Gasteiger partial charge in [0.05, 0.1) is 24.3 Å². The van der Waals surface area contributed by atoms with Crippen LogP contribution in [0.4, 0.5) is 0 Å². The van der Waals surface area contributed by atoms with E-state index in [4.69, 9.17) is 0 Å². The molecule has 0 amide bonds. The first kappa shape index (κ1) is 11.2. The van der Waals surface area contributed by atoms with Crippen LogP contribution in [0.2, 0.25) is 0 Å². The largest absolute Gasteiger partial charge is 0.0618 e. The highest BCUT2D eigenvalue weighted by Gasteiger charge is 2.26. The zero-order valence-electron chi connectivity index (χ0n) is 8.43. The molecule has 0 rings (SSSR count). The summed E-state index contributed by atoms with van der Waals surface area (Å²) in [5.41, 5.74) is 0. The summed E-state index contributed by atoms with van der Waals surface area (Å²) in [5, 5.41) is 0. The van der Waals surface area contributed by atoms with Gasteiger partial charge in [-0.15, -0.1) is 0 Å². The predicted octanol–water partition coefficient (Wildman–Crippen LogP) is 3.99. The molecule has 1 heteroatoms. The van der Waals surface area contributed by atoms with Crippen molar-refractivity contribution in [2.75, 3.05) is 18.5 Å². The average molecular weight is 173 g/mol. The van der Waals surface area contributed by atoms with Crippen LogP contribution in [0.25, 0.3) is 0 Å². The lowest BCUT2D eigenvalue weighted by Gasteiger charge is -2.18. The third kappa shape index (κ3) is 3.38. The van der Waals surface area contributed by atoms with Gasteiger partial charge in [0.1, 0.15) is 0 Å². The third-order valence-electron chi connectivity index (χ3n) is 2.55. The van der Waals surface area contributed by atoms with Gasteiger partial charge in [0, 0.05) is 7.26 Å². The van der Waals surface area contributed by atoms with Gasteiger partial charge in [0.25, 0.3) is 0 Å². The molecule has 0 unspecified atom stereocenters. The van der Waals surface area contributed by atoms with Crippen LogP contribution < -0.4 is 0 Å². The van der Waals surface area contributed by atoms with Crippen LogP contribution in [0.3, 0.4) is 0 Å². The van der Waals surface area contributed by atoms with Crippen LogP contribution in [0, 0.1) is 0 Å². The molecule has 0 fully saturated rings. The molecule has 0 aliphatic heterocycles. The highest BCUT2D eigenvalue weighted by atomic mass is 31.2. The van der Waals surface area contributed by atoms with Gasteiger partial charge in [-0.05, 0) is 33.3 Å². The monoisotopic (exact) mass is 173 g/mol. The van der Waals surface area contributed by atoms with E-state index in [1.165, 1.54) is 24.9 Å². The first-order valence-electron chi connectivity index (χ1n) is 4.78. The van der Waals surface area contributed by atoms with Crippen molar-refractivity contribution in [3.05, 3.63) is 11.9 Å². The molecule has 0 spiro atoms. The molecule has 0 saturated carbocycles. The van der Waals surface area contributed by atoms with Crippen LogP contribution >= 0.6 is 7.26 Å². The Morgan fingerprint density at radius 2 is 1.36 bits per heavy atom. The van der Waals surface area contributed by atoms with Gasteiger partial charge in [-0.2, -0.15) is 0 Å². The van der Waals surface area contributed by atoms with Crippen molar-refractivity contribution in [1.82, 2.24) is 0 Å². The minimum absolute atomic E-state index is 0.636. The van der Waals surface area contributed by atoms with E-state index in [1.54, 1.807) is 0 Å². The Hall–Kier alpha value is 0.170. The standard InChI is InChI=1S/C10H22P/c1-5-9-10-11(6-2,7-3)8-4/h9-10H,5-8H2,1-4H3/q+1/b10-9+. The molecular weight excluding hydrogens is 151 g/mol. The molecule has 0 aromatic carbocycles. The number of hydrogen-bond donors (Lipinski definition) is 0. The van der Waals surface area contributed by atoms with Crippen LogP contribution in [0.5, 0.6) is 0 Å². The zero-order valence-corrected chi connectivity index (χ0v) is 9.32. The summed E-state index contributed by atoms with van der Waals surface area (Å²) >= 11 is 0. The highest BCUT2D eigenvalue weighted by Crippen LogP contribution is 2.59. The minimum Gasteiger partial charge on any atom is -0.0618 e. The molecule has 0 bridgehead atoms. The summed E-state index contributed by atoms with van der Waals surface area (Å²) in [5.74, 6) is 2.52. The fourth-order valence-corrected chi connectivity index (χ4v) is 3.95. The van der Waals surface area contributed by atoms with Crippen molar-refractivity contribution in [2.24, 2.45) is 0 Å². The van der Waals surface area contributed by atoms with Gasteiger partial charge < -0.3 is 0 Å². The number of allylic oxidation sites excluding steroid dienone is 1.